The van der Waals surface area contributed by atoms with Crippen LogP contribution in [0.1, 0.15) is 55.6 Å². The molecule has 2 aromatic carbocycles. The van der Waals surface area contributed by atoms with Gasteiger partial charge in [-0.25, -0.2) is 4.79 Å². The van der Waals surface area contributed by atoms with E-state index in [1.54, 1.807) is 0 Å². The van der Waals surface area contributed by atoms with Crippen LogP contribution in [0.2, 0.25) is 0 Å². The van der Waals surface area contributed by atoms with Crippen molar-refractivity contribution >= 4 is 29.7 Å². The molecule has 2 aliphatic rings. The summed E-state index contributed by atoms with van der Waals surface area (Å²) in [5.74, 6) is -2.94. The van der Waals surface area contributed by atoms with Gasteiger partial charge in [-0.3, -0.25) is 24.1 Å². The number of esters is 1. The number of unbranched alkanes of at least 4 members (excludes halogenated alkanes) is 2. The number of aliphatic carboxylic acids is 1. The van der Waals surface area contributed by atoms with E-state index in [0.717, 1.165) is 27.2 Å². The molecule has 1 heterocycles. The van der Waals surface area contributed by atoms with Gasteiger partial charge in [0.1, 0.15) is 12.6 Å². The van der Waals surface area contributed by atoms with Crippen LogP contribution < -0.4 is 5.32 Å². The number of rotatable bonds is 13. The van der Waals surface area contributed by atoms with Crippen LogP contribution in [0.15, 0.2) is 60.7 Å². The number of ether oxygens (including phenoxy) is 1. The molecule has 1 atom stereocenters. The third-order valence-electron chi connectivity index (χ3n) is 6.81. The zero-order valence-electron chi connectivity index (χ0n) is 20.9. The first-order valence-electron chi connectivity index (χ1n) is 12.7. The number of nitrogens with one attached hydrogen (secondary N) is 1. The Morgan fingerprint density at radius 2 is 1.47 bits per heavy atom. The molecule has 4 rings (SSSR count). The van der Waals surface area contributed by atoms with Crippen LogP contribution in [0.5, 0.6) is 0 Å². The average molecular weight is 519 g/mol. The zero-order chi connectivity index (χ0) is 27.1. The van der Waals surface area contributed by atoms with E-state index < -0.39 is 18.0 Å². The first kappa shape index (κ1) is 26.8. The van der Waals surface area contributed by atoms with E-state index in [2.05, 4.69) is 5.32 Å². The summed E-state index contributed by atoms with van der Waals surface area (Å²) in [7, 11) is 0. The number of carbonyl (C=O) groups excluding carboxylic acids is 4. The van der Waals surface area contributed by atoms with Crippen molar-refractivity contribution in [1.82, 2.24) is 10.2 Å². The van der Waals surface area contributed by atoms with Gasteiger partial charge in [-0.1, -0.05) is 55.0 Å². The Labute approximate surface area is 220 Å². The number of hydrogen-bond donors (Lipinski definition) is 2. The highest BCUT2D eigenvalue weighted by Crippen LogP contribution is 2.44. The minimum Gasteiger partial charge on any atom is -0.481 e. The van der Waals surface area contributed by atoms with Crippen molar-refractivity contribution in [3.8, 4) is 11.1 Å². The number of amides is 3. The van der Waals surface area contributed by atoms with Crippen LogP contribution in [0, 0.1) is 0 Å². The Bertz CT molecular complexity index is 1210. The van der Waals surface area contributed by atoms with Crippen molar-refractivity contribution in [3.05, 3.63) is 71.8 Å². The number of benzene rings is 2. The molecule has 9 heteroatoms. The molecular weight excluding hydrogens is 488 g/mol. The minimum absolute atomic E-state index is 0.0785. The fourth-order valence-electron chi connectivity index (χ4n) is 4.87. The molecule has 198 valence electrons. The van der Waals surface area contributed by atoms with Gasteiger partial charge < -0.3 is 15.2 Å². The van der Waals surface area contributed by atoms with Crippen LogP contribution in [0.4, 0.5) is 0 Å². The largest absolute Gasteiger partial charge is 0.481 e. The number of carboxylic acid groups (broad SMARTS) is 1. The highest BCUT2D eigenvalue weighted by molar-refractivity contribution is 6.12. The summed E-state index contributed by atoms with van der Waals surface area (Å²) in [5, 5.41) is 11.7. The summed E-state index contributed by atoms with van der Waals surface area (Å²) < 4.78 is 5.63. The first-order valence-corrected chi connectivity index (χ1v) is 12.7. The van der Waals surface area contributed by atoms with Gasteiger partial charge in [-0.2, -0.15) is 0 Å². The van der Waals surface area contributed by atoms with E-state index in [1.165, 1.54) is 12.2 Å². The second-order valence-electron chi connectivity index (χ2n) is 9.38. The van der Waals surface area contributed by atoms with E-state index in [-0.39, 0.29) is 56.1 Å². The number of nitrogens with zero attached hydrogens (tertiary/aromatic N) is 1. The summed E-state index contributed by atoms with van der Waals surface area (Å²) in [6.07, 6.45) is 3.88. The van der Waals surface area contributed by atoms with Gasteiger partial charge in [0.15, 0.2) is 0 Å². The summed E-state index contributed by atoms with van der Waals surface area (Å²) in [6.45, 7) is 0.363. The van der Waals surface area contributed by atoms with Crippen molar-refractivity contribution < 1.29 is 33.8 Å². The minimum atomic E-state index is -1.07. The summed E-state index contributed by atoms with van der Waals surface area (Å²) in [6, 6.07) is 14.8. The van der Waals surface area contributed by atoms with Gasteiger partial charge >= 0.3 is 11.9 Å². The molecule has 38 heavy (non-hydrogen) atoms. The number of fused-ring (bicyclic) bond motifs is 3. The molecule has 0 saturated carbocycles. The van der Waals surface area contributed by atoms with E-state index in [4.69, 9.17) is 9.84 Å². The van der Waals surface area contributed by atoms with E-state index in [9.17, 15) is 24.0 Å². The lowest BCUT2D eigenvalue weighted by Crippen LogP contribution is -2.42. The molecule has 1 aliphatic heterocycles. The second kappa shape index (κ2) is 12.3. The number of imide groups is 1. The Hall–Kier alpha value is -4.27. The number of carboxylic acids is 1. The third-order valence-corrected chi connectivity index (χ3v) is 6.81. The topological polar surface area (TPSA) is 130 Å². The highest BCUT2D eigenvalue weighted by atomic mass is 16.5. The lowest BCUT2D eigenvalue weighted by molar-refractivity contribution is -0.149. The SMILES string of the molecule is O=C(O)CC[C@H](NC(=O)CCCCCN1C(=O)C=CC1=O)C(=O)OCC1c2ccccc2-c2ccccc21. The van der Waals surface area contributed by atoms with Gasteiger partial charge in [0.2, 0.25) is 5.91 Å². The predicted octanol–water partition coefficient (Wildman–Crippen LogP) is 3.18. The molecule has 0 saturated heterocycles. The fraction of sp³-hybridized carbons (Fsp3) is 0.345. The van der Waals surface area contributed by atoms with Crippen molar-refractivity contribution in [1.29, 1.82) is 0 Å². The van der Waals surface area contributed by atoms with Crippen LogP contribution in [-0.4, -0.2) is 58.9 Å². The van der Waals surface area contributed by atoms with Crippen molar-refractivity contribution in [2.24, 2.45) is 0 Å². The summed E-state index contributed by atoms with van der Waals surface area (Å²) >= 11 is 0. The molecule has 0 aromatic heterocycles. The Morgan fingerprint density at radius 1 is 0.868 bits per heavy atom. The Morgan fingerprint density at radius 3 is 2.08 bits per heavy atom. The molecule has 0 bridgehead atoms. The maximum Gasteiger partial charge on any atom is 0.328 e. The Balaban J connectivity index is 1.28. The van der Waals surface area contributed by atoms with Crippen molar-refractivity contribution in [2.45, 2.75) is 50.5 Å². The predicted molar refractivity (Wildman–Crippen MR) is 138 cm³/mol. The number of carbonyl (C=O) groups is 5. The number of hydrogen-bond acceptors (Lipinski definition) is 6. The van der Waals surface area contributed by atoms with Gasteiger partial charge in [-0.15, -0.1) is 0 Å². The van der Waals surface area contributed by atoms with Crippen LogP contribution in [0.25, 0.3) is 11.1 Å². The van der Waals surface area contributed by atoms with Gasteiger partial charge in [-0.05, 0) is 41.5 Å². The van der Waals surface area contributed by atoms with Crippen molar-refractivity contribution in [3.63, 3.8) is 0 Å². The molecule has 0 unspecified atom stereocenters. The highest BCUT2D eigenvalue weighted by Gasteiger charge is 2.31. The molecular formula is C29H30N2O7. The molecule has 2 N–H and O–H groups in total. The maximum absolute atomic E-state index is 13.0. The van der Waals surface area contributed by atoms with Crippen LogP contribution >= 0.6 is 0 Å². The van der Waals surface area contributed by atoms with E-state index >= 15 is 0 Å². The molecule has 0 spiro atoms. The fourth-order valence-corrected chi connectivity index (χ4v) is 4.87. The molecule has 2 aromatic rings. The molecule has 3 amide bonds. The second-order valence-corrected chi connectivity index (χ2v) is 9.38. The smallest absolute Gasteiger partial charge is 0.328 e. The van der Waals surface area contributed by atoms with Crippen molar-refractivity contribution in [2.75, 3.05) is 13.2 Å². The molecule has 9 nitrogen and oxygen atoms in total. The Kier molecular flexibility index (Phi) is 8.68. The molecule has 0 fully saturated rings. The summed E-state index contributed by atoms with van der Waals surface area (Å²) in [4.78, 5) is 60.9. The third kappa shape index (κ3) is 6.34. The molecule has 0 radical (unpaired) electrons. The van der Waals surface area contributed by atoms with Gasteiger partial charge in [0.25, 0.3) is 11.8 Å². The standard InChI is InChI=1S/C29H30N2O7/c32-25(12-2-1-7-17-31-26(33)14-15-27(31)34)30-24(13-16-28(35)36)29(37)38-18-23-21-10-5-3-8-19(21)20-9-4-6-11-22(20)23/h3-6,8-11,14-15,23-24H,1-2,7,12-13,16-18H2,(H,30,32)(H,35,36)/t24-/m0/s1. The van der Waals surface area contributed by atoms with Crippen LogP contribution in [-0.2, 0) is 28.7 Å². The first-order chi connectivity index (χ1) is 18.3. The maximum atomic E-state index is 13.0. The quantitative estimate of drug-likeness (QED) is 0.237. The lowest BCUT2D eigenvalue weighted by Gasteiger charge is -2.20. The monoisotopic (exact) mass is 518 g/mol. The van der Waals surface area contributed by atoms with Gasteiger partial charge in [0.05, 0.1) is 0 Å². The van der Waals surface area contributed by atoms with E-state index in [1.807, 2.05) is 48.5 Å². The lowest BCUT2D eigenvalue weighted by atomic mass is 9.98. The summed E-state index contributed by atoms with van der Waals surface area (Å²) in [5.41, 5.74) is 4.30. The van der Waals surface area contributed by atoms with E-state index in [0.29, 0.717) is 19.3 Å². The van der Waals surface area contributed by atoms with Gasteiger partial charge in [0, 0.05) is 37.5 Å². The zero-order valence-corrected chi connectivity index (χ0v) is 20.9. The molecule has 1 aliphatic carbocycles. The van der Waals surface area contributed by atoms with Crippen LogP contribution in [0.3, 0.4) is 0 Å². The normalized spacial score (nSPS) is 14.8. The average Bonchev–Trinajstić information content (AvgIpc) is 3.40.